The summed E-state index contributed by atoms with van der Waals surface area (Å²) in [4.78, 5) is 4.79. The monoisotopic (exact) mass is 388 g/mol. The maximum Gasteiger partial charge on any atom is 0.0860 e. The molecular formula is C15H18ClIN2. The largest absolute Gasteiger partial charge is 0.385 e. The number of aromatic nitrogens is 1. The van der Waals surface area contributed by atoms with Crippen molar-refractivity contribution in [1.82, 2.24) is 4.98 Å². The molecule has 2 aromatic rings. The van der Waals surface area contributed by atoms with Crippen molar-refractivity contribution < 1.29 is 0 Å². The molecule has 2 rings (SSSR count). The molecule has 0 aliphatic rings. The van der Waals surface area contributed by atoms with Crippen LogP contribution in [0.1, 0.15) is 26.5 Å². The third kappa shape index (κ3) is 3.51. The predicted octanol–water partition coefficient (Wildman–Crippen LogP) is 5.12. The number of halogens is 2. The van der Waals surface area contributed by atoms with Crippen molar-refractivity contribution in [2.24, 2.45) is 5.92 Å². The Morgan fingerprint density at radius 3 is 2.68 bits per heavy atom. The van der Waals surface area contributed by atoms with Crippen LogP contribution < -0.4 is 5.32 Å². The van der Waals surface area contributed by atoms with Crippen molar-refractivity contribution in [3.05, 3.63) is 32.5 Å². The summed E-state index contributed by atoms with van der Waals surface area (Å²) < 4.78 is 1.10. The molecule has 0 unspecified atom stereocenters. The Kier molecular flexibility index (Phi) is 4.90. The topological polar surface area (TPSA) is 24.9 Å². The Bertz CT molecular complexity index is 596. The van der Waals surface area contributed by atoms with Gasteiger partial charge in [-0.1, -0.05) is 25.4 Å². The van der Waals surface area contributed by atoms with Crippen LogP contribution in [-0.2, 0) is 6.42 Å². The van der Waals surface area contributed by atoms with E-state index in [-0.39, 0.29) is 0 Å². The van der Waals surface area contributed by atoms with Crippen LogP contribution in [0.15, 0.2) is 18.2 Å². The van der Waals surface area contributed by atoms with Crippen LogP contribution in [0, 0.1) is 9.49 Å². The summed E-state index contributed by atoms with van der Waals surface area (Å²) in [5.41, 5.74) is 3.31. The van der Waals surface area contributed by atoms with E-state index >= 15 is 0 Å². The van der Waals surface area contributed by atoms with Gasteiger partial charge in [0, 0.05) is 31.9 Å². The van der Waals surface area contributed by atoms with Gasteiger partial charge in [-0.15, -0.1) is 0 Å². The molecule has 4 heteroatoms. The normalized spacial score (nSPS) is 11.3. The van der Waals surface area contributed by atoms with Crippen molar-refractivity contribution in [1.29, 1.82) is 0 Å². The van der Waals surface area contributed by atoms with Gasteiger partial charge in [0.1, 0.15) is 0 Å². The first-order valence-corrected chi connectivity index (χ1v) is 7.99. The maximum absolute atomic E-state index is 6.16. The van der Waals surface area contributed by atoms with Gasteiger partial charge in [-0.3, -0.25) is 4.98 Å². The molecule has 0 aliphatic heterocycles. The van der Waals surface area contributed by atoms with E-state index in [0.717, 1.165) is 43.8 Å². The van der Waals surface area contributed by atoms with E-state index in [0.29, 0.717) is 5.92 Å². The van der Waals surface area contributed by atoms with Gasteiger partial charge < -0.3 is 5.32 Å². The zero-order chi connectivity index (χ0) is 14.0. The van der Waals surface area contributed by atoms with Crippen LogP contribution >= 0.6 is 34.2 Å². The number of hydrogen-bond acceptors (Lipinski definition) is 2. The summed E-state index contributed by atoms with van der Waals surface area (Å²) in [6.07, 6.45) is 0.993. The van der Waals surface area contributed by atoms with Gasteiger partial charge in [-0.2, -0.15) is 0 Å². The number of nitrogens with one attached hydrogen (secondary N) is 1. The fraction of sp³-hybridized carbons (Fsp3) is 0.400. The number of rotatable bonds is 4. The molecule has 0 atom stereocenters. The Labute approximate surface area is 133 Å². The number of fused-ring (bicyclic) bond motifs is 1. The van der Waals surface area contributed by atoms with Gasteiger partial charge in [0.15, 0.2) is 0 Å². The van der Waals surface area contributed by atoms with Crippen LogP contribution in [0.5, 0.6) is 0 Å². The second-order valence-electron chi connectivity index (χ2n) is 5.07. The highest BCUT2D eigenvalue weighted by Crippen LogP contribution is 2.30. The number of benzene rings is 1. The summed E-state index contributed by atoms with van der Waals surface area (Å²) in [6, 6.07) is 6.10. The van der Waals surface area contributed by atoms with Gasteiger partial charge >= 0.3 is 0 Å². The third-order valence-corrected chi connectivity index (χ3v) is 3.91. The highest BCUT2D eigenvalue weighted by molar-refractivity contribution is 14.1. The standard InChI is InChI=1S/C15H18ClIN2/c1-4-18-14-8-11(5-9(2)3)19-15-12(14)6-10(16)7-13(15)17/h6-9H,4-5H2,1-3H3,(H,18,19). The number of hydrogen-bond donors (Lipinski definition) is 1. The van der Waals surface area contributed by atoms with E-state index < -0.39 is 0 Å². The summed E-state index contributed by atoms with van der Waals surface area (Å²) in [5, 5.41) is 5.28. The molecule has 102 valence electrons. The molecule has 19 heavy (non-hydrogen) atoms. The van der Waals surface area contributed by atoms with E-state index in [9.17, 15) is 0 Å². The molecule has 0 saturated heterocycles. The Balaban J connectivity index is 2.64. The van der Waals surface area contributed by atoms with Crippen LogP contribution in [-0.4, -0.2) is 11.5 Å². The highest BCUT2D eigenvalue weighted by Gasteiger charge is 2.10. The predicted molar refractivity (Wildman–Crippen MR) is 92.2 cm³/mol. The van der Waals surface area contributed by atoms with Crippen LogP contribution in [0.25, 0.3) is 10.9 Å². The quantitative estimate of drug-likeness (QED) is 0.735. The van der Waals surface area contributed by atoms with Gasteiger partial charge in [0.25, 0.3) is 0 Å². The Morgan fingerprint density at radius 2 is 2.05 bits per heavy atom. The van der Waals surface area contributed by atoms with Crippen LogP contribution in [0.4, 0.5) is 5.69 Å². The summed E-state index contributed by atoms with van der Waals surface area (Å²) in [7, 11) is 0. The molecule has 0 bridgehead atoms. The molecule has 0 aliphatic carbocycles. The second kappa shape index (κ2) is 6.27. The molecule has 0 fully saturated rings. The van der Waals surface area contributed by atoms with Crippen molar-refractivity contribution in [2.45, 2.75) is 27.2 Å². The lowest BCUT2D eigenvalue weighted by Crippen LogP contribution is -2.03. The maximum atomic E-state index is 6.16. The average Bonchev–Trinajstić information content (AvgIpc) is 2.30. The molecule has 2 nitrogen and oxygen atoms in total. The van der Waals surface area contributed by atoms with Crippen LogP contribution in [0.2, 0.25) is 5.02 Å². The minimum atomic E-state index is 0.601. The Morgan fingerprint density at radius 1 is 1.32 bits per heavy atom. The van der Waals surface area contributed by atoms with E-state index in [1.807, 2.05) is 12.1 Å². The SMILES string of the molecule is CCNc1cc(CC(C)C)nc2c(I)cc(Cl)cc12. The van der Waals surface area contributed by atoms with E-state index in [4.69, 9.17) is 16.6 Å². The van der Waals surface area contributed by atoms with Crippen molar-refractivity contribution >= 4 is 50.8 Å². The van der Waals surface area contributed by atoms with Gasteiger partial charge in [-0.05, 0) is 60.1 Å². The van der Waals surface area contributed by atoms with Crippen LogP contribution in [0.3, 0.4) is 0 Å². The molecular weight excluding hydrogens is 371 g/mol. The van der Waals surface area contributed by atoms with Crippen molar-refractivity contribution in [3.63, 3.8) is 0 Å². The molecule has 0 amide bonds. The van der Waals surface area contributed by atoms with E-state index in [1.165, 1.54) is 0 Å². The fourth-order valence-electron chi connectivity index (χ4n) is 2.16. The molecule has 1 heterocycles. The molecule has 1 aromatic heterocycles. The molecule has 0 saturated carbocycles. The van der Waals surface area contributed by atoms with E-state index in [1.54, 1.807) is 0 Å². The number of anilines is 1. The van der Waals surface area contributed by atoms with Crippen molar-refractivity contribution in [2.75, 3.05) is 11.9 Å². The summed E-state index contributed by atoms with van der Waals surface area (Å²) in [5.74, 6) is 0.601. The first-order valence-electron chi connectivity index (χ1n) is 6.53. The Hall–Kier alpha value is -0.550. The molecule has 1 N–H and O–H groups in total. The summed E-state index contributed by atoms with van der Waals surface area (Å²) in [6.45, 7) is 7.42. The van der Waals surface area contributed by atoms with Gasteiger partial charge in [-0.25, -0.2) is 0 Å². The molecule has 0 spiro atoms. The zero-order valence-electron chi connectivity index (χ0n) is 11.4. The van der Waals surface area contributed by atoms with Gasteiger partial charge in [0.05, 0.1) is 5.52 Å². The molecule has 1 aromatic carbocycles. The summed E-state index contributed by atoms with van der Waals surface area (Å²) >= 11 is 8.46. The first kappa shape index (κ1) is 14.9. The first-order chi connectivity index (χ1) is 9.01. The zero-order valence-corrected chi connectivity index (χ0v) is 14.3. The van der Waals surface area contributed by atoms with E-state index in [2.05, 4.69) is 54.7 Å². The molecule has 0 radical (unpaired) electrons. The van der Waals surface area contributed by atoms with Crippen molar-refractivity contribution in [3.8, 4) is 0 Å². The minimum absolute atomic E-state index is 0.601. The third-order valence-electron chi connectivity index (χ3n) is 2.87. The second-order valence-corrected chi connectivity index (χ2v) is 6.67. The van der Waals surface area contributed by atoms with Gasteiger partial charge in [0.2, 0.25) is 0 Å². The lowest BCUT2D eigenvalue weighted by molar-refractivity contribution is 0.637. The average molecular weight is 389 g/mol. The lowest BCUT2D eigenvalue weighted by atomic mass is 10.1. The lowest BCUT2D eigenvalue weighted by Gasteiger charge is -2.13. The minimum Gasteiger partial charge on any atom is -0.385 e. The highest BCUT2D eigenvalue weighted by atomic mass is 127. The number of nitrogens with zero attached hydrogens (tertiary/aromatic N) is 1. The fourth-order valence-corrected chi connectivity index (χ4v) is 3.31. The number of pyridine rings is 1. The smallest absolute Gasteiger partial charge is 0.0860 e.